The molecular weight excluding hydrogens is 548 g/mol. The van der Waals surface area contributed by atoms with Crippen LogP contribution in [0.1, 0.15) is 52.7 Å². The molecule has 0 spiro atoms. The number of nitrogens with zero attached hydrogens (tertiary/aromatic N) is 3. The monoisotopic (exact) mass is 591 g/mol. The van der Waals surface area contributed by atoms with Crippen molar-refractivity contribution in [3.8, 4) is 12.1 Å². The largest absolute Gasteiger partial charge is 0.491 e. The van der Waals surface area contributed by atoms with Crippen molar-refractivity contribution in [1.29, 1.82) is 10.5 Å². The molecule has 0 radical (unpaired) electrons. The van der Waals surface area contributed by atoms with E-state index >= 15 is 0 Å². The lowest BCUT2D eigenvalue weighted by Crippen LogP contribution is -2.27. The summed E-state index contributed by atoms with van der Waals surface area (Å²) in [6.07, 6.45) is 1.74. The van der Waals surface area contributed by atoms with Gasteiger partial charge >= 0.3 is 14.0 Å². The molecule has 0 atom stereocenters. The van der Waals surface area contributed by atoms with Crippen LogP contribution in [0.25, 0.3) is 0 Å². The van der Waals surface area contributed by atoms with Gasteiger partial charge in [0.05, 0.1) is 25.4 Å². The highest BCUT2D eigenvalue weighted by molar-refractivity contribution is 6.67. The molecule has 44 heavy (non-hydrogen) atoms. The van der Waals surface area contributed by atoms with Crippen molar-refractivity contribution in [1.82, 2.24) is 4.98 Å². The van der Waals surface area contributed by atoms with E-state index in [0.29, 0.717) is 6.61 Å². The Morgan fingerprint density at radius 2 is 1.23 bits per heavy atom. The van der Waals surface area contributed by atoms with E-state index < -0.39 is 7.12 Å². The summed E-state index contributed by atoms with van der Waals surface area (Å²) in [5, 5.41) is 30.7. The Balaban J connectivity index is 0.000000342. The Hall–Kier alpha value is -4.60. The molecule has 3 N–H and O–H groups in total. The maximum Gasteiger partial charge on any atom is 0.491 e. The summed E-state index contributed by atoms with van der Waals surface area (Å²) in [4.78, 5) is 4.19. The number of rotatable bonds is 4. The van der Waals surface area contributed by atoms with Crippen LogP contribution in [0.5, 0.6) is 0 Å². The van der Waals surface area contributed by atoms with Gasteiger partial charge in [0.25, 0.3) is 0 Å². The lowest BCUT2D eigenvalue weighted by Gasteiger charge is -2.08. The molecule has 0 saturated carbocycles. The highest BCUT2D eigenvalue weighted by Gasteiger charge is 2.27. The molecule has 0 aliphatic carbocycles. The predicted molar refractivity (Wildman–Crippen MR) is 184 cm³/mol. The molecule has 0 fully saturated rings. The first kappa shape index (κ1) is 37.4. The first-order valence-corrected chi connectivity index (χ1v) is 14.8. The number of fused-ring (bicyclic) bond motifs is 2. The minimum Gasteiger partial charge on any atom is -0.427 e. The van der Waals surface area contributed by atoms with Gasteiger partial charge in [-0.3, -0.25) is 0 Å². The van der Waals surface area contributed by atoms with Crippen LogP contribution in [0.2, 0.25) is 6.82 Å². The normalized spacial score (nSPS) is 11.1. The first-order chi connectivity index (χ1) is 21.5. The minimum absolute atomic E-state index is 0.232. The highest BCUT2D eigenvalue weighted by Crippen LogP contribution is 2.20. The van der Waals surface area contributed by atoms with Crippen molar-refractivity contribution in [2.45, 2.75) is 61.6 Å². The highest BCUT2D eigenvalue weighted by atomic mass is 16.5. The number of anilines is 4. The molecule has 8 nitrogen and oxygen atoms in total. The van der Waals surface area contributed by atoms with Crippen molar-refractivity contribution >= 4 is 47.8 Å². The molecule has 6 rings (SSSR count). The van der Waals surface area contributed by atoms with E-state index in [0.717, 1.165) is 40.5 Å². The molecule has 228 valence electrons. The van der Waals surface area contributed by atoms with Crippen LogP contribution in [-0.2, 0) is 22.5 Å². The van der Waals surface area contributed by atoms with Gasteiger partial charge in [-0.2, -0.15) is 10.5 Å². The van der Waals surface area contributed by atoms with Crippen LogP contribution < -0.4 is 21.6 Å². The summed E-state index contributed by atoms with van der Waals surface area (Å²) in [5.41, 5.74) is 7.63. The van der Waals surface area contributed by atoms with Crippen LogP contribution in [0.4, 0.5) is 22.9 Å². The second-order valence-electron chi connectivity index (χ2n) is 8.72. The second kappa shape index (κ2) is 22.0. The van der Waals surface area contributed by atoms with Crippen LogP contribution in [0.15, 0.2) is 91.1 Å². The number of hydrogen-bond acceptors (Lipinski definition) is 8. The summed E-state index contributed by atoms with van der Waals surface area (Å²) in [7, 11) is -0.783. The smallest absolute Gasteiger partial charge is 0.427 e. The third-order valence-corrected chi connectivity index (χ3v) is 5.88. The third-order valence-electron chi connectivity index (χ3n) is 5.88. The summed E-state index contributed by atoms with van der Waals surface area (Å²) in [5.74, 6) is 0.798. The molecule has 0 saturated heterocycles. The maximum atomic E-state index is 9.51. The van der Waals surface area contributed by atoms with Gasteiger partial charge in [0.15, 0.2) is 0 Å². The Kier molecular flexibility index (Phi) is 18.7. The van der Waals surface area contributed by atoms with Crippen LogP contribution in [0, 0.1) is 22.7 Å². The molecule has 0 bridgehead atoms. The van der Waals surface area contributed by atoms with E-state index in [2.05, 4.69) is 52.8 Å². The molecule has 2 aliphatic heterocycles. The van der Waals surface area contributed by atoms with E-state index in [4.69, 9.17) is 19.8 Å². The predicted octanol–water partition coefficient (Wildman–Crippen LogP) is 6.94. The van der Waals surface area contributed by atoms with Crippen LogP contribution in [0.3, 0.4) is 0 Å². The van der Waals surface area contributed by atoms with Gasteiger partial charge in [-0.15, -0.1) is 0 Å². The minimum atomic E-state index is -0.783. The number of pyridine rings is 1. The first-order valence-electron chi connectivity index (χ1n) is 14.8. The van der Waals surface area contributed by atoms with E-state index in [9.17, 15) is 5.02 Å². The zero-order valence-corrected chi connectivity index (χ0v) is 26.8. The lowest BCUT2D eigenvalue weighted by molar-refractivity contribution is 0.275. The maximum absolute atomic E-state index is 9.51. The number of hydrogen-bond donors (Lipinski definition) is 3. The van der Waals surface area contributed by atoms with Gasteiger partial charge in [-0.1, -0.05) is 70.9 Å². The van der Waals surface area contributed by atoms with E-state index in [1.54, 1.807) is 18.3 Å². The topological polar surface area (TPSA) is 123 Å². The number of benzene rings is 3. The van der Waals surface area contributed by atoms with E-state index in [1.165, 1.54) is 24.9 Å². The fourth-order valence-electron chi connectivity index (χ4n) is 4.09. The fourth-order valence-corrected chi connectivity index (χ4v) is 4.09. The molecule has 2 aliphatic rings. The molecule has 1 aromatic heterocycles. The average molecular weight is 591 g/mol. The van der Waals surface area contributed by atoms with Gasteiger partial charge < -0.3 is 25.0 Å². The summed E-state index contributed by atoms with van der Waals surface area (Å²) >= 11 is 0. The average Bonchev–Trinajstić information content (AvgIpc) is 3.62. The molecule has 3 heterocycles. The van der Waals surface area contributed by atoms with E-state index in [-0.39, 0.29) is 6.92 Å². The van der Waals surface area contributed by atoms with Crippen molar-refractivity contribution in [2.24, 2.45) is 0 Å². The quantitative estimate of drug-likeness (QED) is 0.218. The van der Waals surface area contributed by atoms with Crippen molar-refractivity contribution in [3.63, 3.8) is 0 Å². The van der Waals surface area contributed by atoms with Gasteiger partial charge in [0.2, 0.25) is 0 Å². The molecular formula is C34H43B2N5O3. The third kappa shape index (κ3) is 12.3. The van der Waals surface area contributed by atoms with E-state index in [1.807, 2.05) is 82.3 Å². The van der Waals surface area contributed by atoms with Crippen molar-refractivity contribution < 1.29 is 14.3 Å². The second-order valence-corrected chi connectivity index (χ2v) is 8.72. The molecule has 4 aromatic rings. The number of aromatic nitrogens is 1. The van der Waals surface area contributed by atoms with Gasteiger partial charge in [-0.05, 0) is 70.6 Å². The van der Waals surface area contributed by atoms with Gasteiger partial charge in [-0.25, -0.2) is 4.98 Å². The molecule has 3 aromatic carbocycles. The van der Waals surface area contributed by atoms with Crippen LogP contribution >= 0.6 is 0 Å². The Labute approximate surface area is 264 Å². The number of nitriles is 2. The van der Waals surface area contributed by atoms with Gasteiger partial charge in [0, 0.05) is 37.1 Å². The number of nitrogens with one attached hydrogen (secondary N) is 2. The van der Waals surface area contributed by atoms with Gasteiger partial charge in [0.1, 0.15) is 5.82 Å². The summed E-state index contributed by atoms with van der Waals surface area (Å²) in [6, 6.07) is 31.6. The molecule has 0 amide bonds. The van der Waals surface area contributed by atoms with Crippen molar-refractivity contribution in [3.05, 3.63) is 102 Å². The molecule has 0 unspecified atom stereocenters. The SMILES string of the molecule is CB1OCc2cc(Nc3ccccc3)ccc21.CC.CC.CC#N.CC#N.OB1OCc2cc(Nc3ccccn3)ccc21. The Bertz CT molecular complexity index is 1330. The Morgan fingerprint density at radius 3 is 1.82 bits per heavy atom. The zero-order chi connectivity index (χ0) is 32.7. The van der Waals surface area contributed by atoms with Crippen LogP contribution in [-0.4, -0.2) is 24.0 Å². The fraction of sp³-hybridized carbons (Fsp3) is 0.265. The number of para-hydroxylation sites is 1. The zero-order valence-electron chi connectivity index (χ0n) is 26.8. The molecule has 10 heteroatoms. The Morgan fingerprint density at radius 1 is 0.705 bits per heavy atom. The summed E-state index contributed by atoms with van der Waals surface area (Å²) < 4.78 is 10.7. The summed E-state index contributed by atoms with van der Waals surface area (Å²) in [6.45, 7) is 14.4. The lowest BCUT2D eigenvalue weighted by atomic mass is 9.64. The standard InChI is InChI=1S/C14H14BNO.C12H11BN2O2.2C2H3N.2C2H6/c1-15-14-8-7-13(9-11(14)10-17-15)16-12-5-3-2-4-6-12;16-13-11-5-4-10(7-9(11)8-17-13)15-12-3-1-2-6-14-12;2*1-2-3;2*1-2/h2-9,16H,10H2,1H3;1-7,16H,8H2,(H,14,15);2*1H3;2*1-2H3. The van der Waals surface area contributed by atoms with Crippen molar-refractivity contribution in [2.75, 3.05) is 10.6 Å².